The fraction of sp³-hybridized carbons (Fsp3) is 0.107. The molecule has 0 unspecified atom stereocenters. The smallest absolute Gasteiger partial charge is 0.550 e. The number of hydrogen-bond donors (Lipinski definition) is 0. The number of rotatable bonds is 14. The van der Waals surface area contributed by atoms with Crippen LogP contribution in [0.15, 0.2) is 243 Å². The second kappa shape index (κ2) is 30.3. The molecule has 8 aromatic rings. The van der Waals surface area contributed by atoms with Crippen molar-refractivity contribution in [2.24, 2.45) is 0 Å². The van der Waals surface area contributed by atoms with Crippen LogP contribution in [-0.4, -0.2) is 36.6 Å². The quantitative estimate of drug-likeness (QED) is 0.0818. The summed E-state index contributed by atoms with van der Waals surface area (Å²) in [7, 11) is -1.39. The first-order valence-electron chi connectivity index (χ1n) is 21.2. The maximum Gasteiger partial charge on any atom is 2.00 e. The Kier molecular flexibility index (Phi) is 24.6. The number of carboxylic acid groups (broad SMARTS) is 2. The van der Waals surface area contributed by atoms with Crippen molar-refractivity contribution in [3.63, 3.8) is 0 Å². The second-order valence-electron chi connectivity index (χ2n) is 14.3. The van der Waals surface area contributed by atoms with Crippen molar-refractivity contribution < 1.29 is 40.2 Å². The average molecular weight is 1020 g/mol. The molecule has 9 heteroatoms. The van der Waals surface area contributed by atoms with Crippen LogP contribution < -0.4 is 52.6 Å². The number of aliphatic carboxylic acids is 2. The molecule has 0 saturated heterocycles. The van der Waals surface area contributed by atoms with Crippen LogP contribution in [-0.2, 0) is 30.0 Å². The SMILES string of the molecule is CC(=O)[O-].CC(=O)[O-].[Pd+2].c1ccc(P(CCP(c2ccccc2)c2ccccc2)c2ccccc2)cc1.c1ccc(P(CCP(c2ccccc2)c2ccccc2)c2ccccc2)cc1. The summed E-state index contributed by atoms with van der Waals surface area (Å²) in [5.41, 5.74) is 0. The van der Waals surface area contributed by atoms with Crippen molar-refractivity contribution in [3.8, 4) is 0 Å². The molecular formula is C56H54O4P4Pd. The Morgan fingerprint density at radius 2 is 0.369 bits per heavy atom. The monoisotopic (exact) mass is 1020 g/mol. The number of carboxylic acids is 2. The van der Waals surface area contributed by atoms with Crippen LogP contribution in [0.25, 0.3) is 0 Å². The number of hydrogen-bond acceptors (Lipinski definition) is 4. The van der Waals surface area contributed by atoms with Crippen LogP contribution in [0.1, 0.15) is 13.8 Å². The molecule has 0 aliphatic heterocycles. The normalized spacial score (nSPS) is 10.3. The van der Waals surface area contributed by atoms with Crippen molar-refractivity contribution in [2.75, 3.05) is 24.6 Å². The van der Waals surface area contributed by atoms with Crippen LogP contribution in [0, 0.1) is 0 Å². The van der Waals surface area contributed by atoms with Crippen LogP contribution >= 0.6 is 31.7 Å². The van der Waals surface area contributed by atoms with E-state index in [0.717, 1.165) is 13.8 Å². The van der Waals surface area contributed by atoms with Gasteiger partial charge in [-0.1, -0.05) is 243 Å². The van der Waals surface area contributed by atoms with Gasteiger partial charge in [0.05, 0.1) is 0 Å². The number of benzene rings is 8. The van der Waals surface area contributed by atoms with Crippen molar-refractivity contribution in [3.05, 3.63) is 243 Å². The van der Waals surface area contributed by atoms with E-state index < -0.39 is 11.9 Å². The zero-order chi connectivity index (χ0) is 45.2. The van der Waals surface area contributed by atoms with Gasteiger partial charge in [0.1, 0.15) is 0 Å². The second-order valence-corrected chi connectivity index (χ2v) is 23.6. The van der Waals surface area contributed by atoms with Gasteiger partial charge in [-0.05, 0) is 113 Å². The molecule has 0 amide bonds. The van der Waals surface area contributed by atoms with Gasteiger partial charge >= 0.3 is 20.4 Å². The zero-order valence-electron chi connectivity index (χ0n) is 36.7. The standard InChI is InChI=1S/2C26H24P2.2C2H4O2.Pd/c2*1-5-13-23(14-6-1)27(24-15-7-2-8-16-24)21-22-28(25-17-9-3-10-18-25)26-19-11-4-12-20-26;2*1-2(3)4;/h2*1-20H,21-22H2;2*1H3,(H,3,4);/q;;;;+2/p-2. The minimum atomic E-state index is -1.08. The van der Waals surface area contributed by atoms with E-state index in [1.54, 1.807) is 0 Å². The Morgan fingerprint density at radius 1 is 0.277 bits per heavy atom. The molecule has 0 radical (unpaired) electrons. The van der Waals surface area contributed by atoms with Gasteiger partial charge in [-0.15, -0.1) is 0 Å². The summed E-state index contributed by atoms with van der Waals surface area (Å²) in [4.78, 5) is 17.8. The minimum Gasteiger partial charge on any atom is -0.550 e. The Bertz CT molecular complexity index is 1960. The molecule has 0 spiro atoms. The third-order valence-electron chi connectivity index (χ3n) is 9.64. The molecule has 0 fully saturated rings. The van der Waals surface area contributed by atoms with Crippen LogP contribution in [0.2, 0.25) is 0 Å². The first-order valence-corrected chi connectivity index (χ1v) is 27.3. The maximum absolute atomic E-state index is 8.89. The molecule has 8 aromatic carbocycles. The van der Waals surface area contributed by atoms with Gasteiger partial charge in [0.2, 0.25) is 0 Å². The topological polar surface area (TPSA) is 80.3 Å². The first-order chi connectivity index (χ1) is 31.3. The Labute approximate surface area is 404 Å². The largest absolute Gasteiger partial charge is 2.00 e. The Morgan fingerprint density at radius 3 is 0.462 bits per heavy atom. The van der Waals surface area contributed by atoms with Crippen molar-refractivity contribution >= 4 is 86.1 Å². The summed E-state index contributed by atoms with van der Waals surface area (Å²) in [6.07, 6.45) is 4.83. The predicted molar refractivity (Wildman–Crippen MR) is 277 cm³/mol. The number of carbonyl (C=O) groups excluding carboxylic acids is 2. The van der Waals surface area contributed by atoms with E-state index in [2.05, 4.69) is 243 Å². The van der Waals surface area contributed by atoms with Gasteiger partial charge in [-0.2, -0.15) is 0 Å². The van der Waals surface area contributed by atoms with Gasteiger partial charge in [0.15, 0.2) is 0 Å². The summed E-state index contributed by atoms with van der Waals surface area (Å²) in [6.45, 7) is 1.94. The summed E-state index contributed by atoms with van der Waals surface area (Å²) in [6, 6.07) is 88.4. The average Bonchev–Trinajstić information content (AvgIpc) is 3.34. The molecule has 0 heterocycles. The molecule has 332 valence electrons. The van der Waals surface area contributed by atoms with Crippen LogP contribution in [0.4, 0.5) is 0 Å². The Balaban J connectivity index is 0.000000241. The van der Waals surface area contributed by atoms with E-state index in [9.17, 15) is 0 Å². The molecule has 0 saturated carbocycles. The molecule has 8 rings (SSSR count). The van der Waals surface area contributed by atoms with Gasteiger partial charge < -0.3 is 19.8 Å². The predicted octanol–water partition coefficient (Wildman–Crippen LogP) is 8.01. The Hall–Kier alpha value is -4.92. The molecule has 0 aliphatic rings. The fourth-order valence-electron chi connectivity index (χ4n) is 6.89. The molecule has 0 aromatic heterocycles. The molecule has 0 N–H and O–H groups in total. The van der Waals surface area contributed by atoms with Crippen molar-refractivity contribution in [1.82, 2.24) is 0 Å². The zero-order valence-corrected chi connectivity index (χ0v) is 41.8. The van der Waals surface area contributed by atoms with Gasteiger partial charge in [0, 0.05) is 11.9 Å². The third kappa shape index (κ3) is 18.8. The van der Waals surface area contributed by atoms with Gasteiger partial charge in [-0.25, -0.2) is 0 Å². The molecular weight excluding hydrogens is 967 g/mol. The van der Waals surface area contributed by atoms with Gasteiger partial charge in [-0.3, -0.25) is 0 Å². The summed E-state index contributed by atoms with van der Waals surface area (Å²) in [5.74, 6) is -2.17. The number of carbonyl (C=O) groups is 2. The van der Waals surface area contributed by atoms with E-state index in [4.69, 9.17) is 19.8 Å². The van der Waals surface area contributed by atoms with Crippen LogP contribution in [0.5, 0.6) is 0 Å². The molecule has 65 heavy (non-hydrogen) atoms. The minimum absolute atomic E-state index is 0. The molecule has 0 bridgehead atoms. The summed E-state index contributed by atoms with van der Waals surface area (Å²) < 4.78 is 0. The first kappa shape index (κ1) is 52.7. The fourth-order valence-corrected chi connectivity index (χ4v) is 17.6. The molecule has 4 nitrogen and oxygen atoms in total. The van der Waals surface area contributed by atoms with E-state index in [1.165, 1.54) is 67.1 Å². The van der Waals surface area contributed by atoms with E-state index in [0.29, 0.717) is 0 Å². The van der Waals surface area contributed by atoms with Gasteiger partial charge in [0.25, 0.3) is 0 Å². The van der Waals surface area contributed by atoms with E-state index >= 15 is 0 Å². The molecule has 0 atom stereocenters. The van der Waals surface area contributed by atoms with E-state index in [1.807, 2.05) is 0 Å². The van der Waals surface area contributed by atoms with Crippen LogP contribution in [0.3, 0.4) is 0 Å². The molecule has 0 aliphatic carbocycles. The van der Waals surface area contributed by atoms with E-state index in [-0.39, 0.29) is 52.1 Å². The van der Waals surface area contributed by atoms with Crippen molar-refractivity contribution in [2.45, 2.75) is 13.8 Å². The van der Waals surface area contributed by atoms with Crippen molar-refractivity contribution in [1.29, 1.82) is 0 Å². The summed E-state index contributed by atoms with van der Waals surface area (Å²) in [5, 5.41) is 29.6. The third-order valence-corrected chi connectivity index (χ3v) is 20.4. The maximum atomic E-state index is 8.89. The summed E-state index contributed by atoms with van der Waals surface area (Å²) >= 11 is 0.